The molecule has 3 rings (SSSR count). The van der Waals surface area contributed by atoms with Gasteiger partial charge in [0.05, 0.1) is 0 Å². The summed E-state index contributed by atoms with van der Waals surface area (Å²) < 4.78 is 0. The van der Waals surface area contributed by atoms with Crippen molar-refractivity contribution >= 4 is 0 Å². The second kappa shape index (κ2) is 15.2. The van der Waals surface area contributed by atoms with E-state index in [9.17, 15) is 0 Å². The van der Waals surface area contributed by atoms with Crippen molar-refractivity contribution in [3.05, 3.63) is 35.4 Å². The van der Waals surface area contributed by atoms with Crippen LogP contribution in [0, 0.1) is 23.7 Å². The summed E-state index contributed by atoms with van der Waals surface area (Å²) in [5, 5.41) is 0. The molecule has 182 valence electrons. The lowest BCUT2D eigenvalue weighted by Gasteiger charge is -2.38. The molecule has 0 heteroatoms. The number of benzene rings is 1. The first kappa shape index (κ1) is 25.8. The largest absolute Gasteiger partial charge is 0.0654 e. The molecule has 0 aromatic heterocycles. The highest BCUT2D eigenvalue weighted by Crippen LogP contribution is 2.43. The maximum atomic E-state index is 2.42. The van der Waals surface area contributed by atoms with E-state index in [-0.39, 0.29) is 0 Å². The van der Waals surface area contributed by atoms with Gasteiger partial charge in [0.15, 0.2) is 0 Å². The lowest BCUT2D eigenvalue weighted by atomic mass is 9.68. The fourth-order valence-electron chi connectivity index (χ4n) is 6.76. The minimum atomic E-state index is 0.995. The van der Waals surface area contributed by atoms with Crippen molar-refractivity contribution in [1.82, 2.24) is 0 Å². The zero-order chi connectivity index (χ0) is 22.4. The Morgan fingerprint density at radius 1 is 0.500 bits per heavy atom. The number of hydrogen-bond acceptors (Lipinski definition) is 0. The summed E-state index contributed by atoms with van der Waals surface area (Å²) in [4.78, 5) is 0. The third-order valence-electron chi connectivity index (χ3n) is 9.10. The van der Waals surface area contributed by atoms with E-state index in [2.05, 4.69) is 38.1 Å². The van der Waals surface area contributed by atoms with Crippen LogP contribution in [0.3, 0.4) is 0 Å². The monoisotopic (exact) mass is 438 g/mol. The van der Waals surface area contributed by atoms with E-state index < -0.39 is 0 Å². The minimum Gasteiger partial charge on any atom is -0.0654 e. The Morgan fingerprint density at radius 3 is 1.53 bits per heavy atom. The van der Waals surface area contributed by atoms with Gasteiger partial charge in [-0.05, 0) is 86.2 Å². The van der Waals surface area contributed by atoms with Crippen molar-refractivity contribution in [3.8, 4) is 0 Å². The first-order chi connectivity index (χ1) is 15.8. The van der Waals surface area contributed by atoms with E-state index in [1.807, 2.05) is 0 Å². The van der Waals surface area contributed by atoms with Gasteiger partial charge in [0.2, 0.25) is 0 Å². The molecule has 0 aliphatic heterocycles. The molecule has 0 amide bonds. The van der Waals surface area contributed by atoms with Gasteiger partial charge in [-0.15, -0.1) is 0 Å². The molecule has 0 heterocycles. The van der Waals surface area contributed by atoms with Gasteiger partial charge in [0.25, 0.3) is 0 Å². The van der Waals surface area contributed by atoms with Crippen molar-refractivity contribution in [1.29, 1.82) is 0 Å². The quantitative estimate of drug-likeness (QED) is 0.253. The molecule has 2 aliphatic carbocycles. The van der Waals surface area contributed by atoms with Crippen LogP contribution < -0.4 is 0 Å². The summed E-state index contributed by atoms with van der Waals surface area (Å²) in [7, 11) is 0. The van der Waals surface area contributed by atoms with E-state index in [4.69, 9.17) is 0 Å². The third kappa shape index (κ3) is 9.23. The number of hydrogen-bond donors (Lipinski definition) is 0. The molecule has 0 N–H and O–H groups in total. The van der Waals surface area contributed by atoms with Crippen LogP contribution in [0.15, 0.2) is 24.3 Å². The summed E-state index contributed by atoms with van der Waals surface area (Å²) in [5.74, 6) is 4.21. The van der Waals surface area contributed by atoms with Crippen LogP contribution in [0.1, 0.15) is 141 Å². The molecule has 2 fully saturated rings. The van der Waals surface area contributed by atoms with Crippen molar-refractivity contribution in [2.24, 2.45) is 23.7 Å². The molecular formula is C32H54. The SMILES string of the molecule is CCCCCCCc1ccc(CC[C@H]2CC[C@H]([C@H]3CC[C@H](CCCCC)CC3)CC2)cc1. The minimum absolute atomic E-state index is 0.995. The Labute approximate surface area is 201 Å². The summed E-state index contributed by atoms with van der Waals surface area (Å²) in [6.45, 7) is 4.63. The van der Waals surface area contributed by atoms with Gasteiger partial charge in [-0.25, -0.2) is 0 Å². The molecule has 2 saturated carbocycles. The Balaban J connectivity index is 1.27. The molecule has 0 saturated heterocycles. The zero-order valence-corrected chi connectivity index (χ0v) is 21.8. The average Bonchev–Trinajstić information content (AvgIpc) is 2.84. The Kier molecular flexibility index (Phi) is 12.3. The van der Waals surface area contributed by atoms with Gasteiger partial charge in [0.1, 0.15) is 0 Å². The molecular weight excluding hydrogens is 384 g/mol. The highest BCUT2D eigenvalue weighted by Gasteiger charge is 2.30. The van der Waals surface area contributed by atoms with E-state index >= 15 is 0 Å². The predicted molar refractivity (Wildman–Crippen MR) is 142 cm³/mol. The second-order valence-corrected chi connectivity index (χ2v) is 11.6. The molecule has 0 spiro atoms. The van der Waals surface area contributed by atoms with Crippen LogP contribution in [0.5, 0.6) is 0 Å². The number of unbranched alkanes of at least 4 members (excludes halogenated alkanes) is 6. The van der Waals surface area contributed by atoms with Gasteiger partial charge in [-0.3, -0.25) is 0 Å². The maximum absolute atomic E-state index is 2.42. The fraction of sp³-hybridized carbons (Fsp3) is 0.812. The molecule has 0 nitrogen and oxygen atoms in total. The van der Waals surface area contributed by atoms with Crippen LogP contribution in [0.2, 0.25) is 0 Å². The van der Waals surface area contributed by atoms with Crippen LogP contribution in [0.25, 0.3) is 0 Å². The first-order valence-corrected chi connectivity index (χ1v) is 14.9. The molecule has 0 unspecified atom stereocenters. The van der Waals surface area contributed by atoms with Crippen LogP contribution >= 0.6 is 0 Å². The van der Waals surface area contributed by atoms with E-state index in [0.29, 0.717) is 0 Å². The maximum Gasteiger partial charge on any atom is -0.0276 e. The highest BCUT2D eigenvalue weighted by atomic mass is 14.4. The van der Waals surface area contributed by atoms with E-state index in [1.165, 1.54) is 103 Å². The number of rotatable bonds is 14. The molecule has 0 radical (unpaired) electrons. The Hall–Kier alpha value is -0.780. The van der Waals surface area contributed by atoms with Crippen LogP contribution in [-0.4, -0.2) is 0 Å². The third-order valence-corrected chi connectivity index (χ3v) is 9.10. The van der Waals surface area contributed by atoms with Crippen molar-refractivity contribution in [2.75, 3.05) is 0 Å². The molecule has 32 heavy (non-hydrogen) atoms. The van der Waals surface area contributed by atoms with Crippen molar-refractivity contribution < 1.29 is 0 Å². The van der Waals surface area contributed by atoms with Gasteiger partial charge in [0, 0.05) is 0 Å². The average molecular weight is 439 g/mol. The molecule has 2 aliphatic rings. The Bertz CT molecular complexity index is 569. The summed E-state index contributed by atoms with van der Waals surface area (Å²) >= 11 is 0. The van der Waals surface area contributed by atoms with Gasteiger partial charge in [-0.2, -0.15) is 0 Å². The summed E-state index contributed by atoms with van der Waals surface area (Å²) in [5.41, 5.74) is 3.12. The first-order valence-electron chi connectivity index (χ1n) is 14.9. The Morgan fingerprint density at radius 2 is 0.969 bits per heavy atom. The molecule has 0 atom stereocenters. The summed E-state index contributed by atoms with van der Waals surface area (Å²) in [6, 6.07) is 9.66. The standard InChI is InChI=1S/C32H54/c1-3-5-7-8-10-12-27-13-15-29(16-14-27)17-18-30-21-25-32(26-22-30)31-23-19-28(20-24-31)11-9-6-4-2/h13-16,28,30-32H,3-12,17-26H2,1-2H3/t28-,30-,31-,32-. The topological polar surface area (TPSA) is 0 Å². The highest BCUT2D eigenvalue weighted by molar-refractivity contribution is 5.22. The fourth-order valence-corrected chi connectivity index (χ4v) is 6.76. The van der Waals surface area contributed by atoms with E-state index in [0.717, 1.165) is 23.7 Å². The van der Waals surface area contributed by atoms with E-state index in [1.54, 1.807) is 36.8 Å². The second-order valence-electron chi connectivity index (χ2n) is 11.6. The van der Waals surface area contributed by atoms with Gasteiger partial charge in [-0.1, -0.05) is 115 Å². The normalized spacial score (nSPS) is 26.3. The van der Waals surface area contributed by atoms with Crippen LogP contribution in [0.4, 0.5) is 0 Å². The molecule has 1 aromatic carbocycles. The van der Waals surface area contributed by atoms with Crippen molar-refractivity contribution in [2.45, 2.75) is 142 Å². The summed E-state index contributed by atoms with van der Waals surface area (Å²) in [6.07, 6.45) is 29.0. The smallest absolute Gasteiger partial charge is 0.0276 e. The molecule has 0 bridgehead atoms. The van der Waals surface area contributed by atoms with Crippen LogP contribution in [-0.2, 0) is 12.8 Å². The van der Waals surface area contributed by atoms with Gasteiger partial charge < -0.3 is 0 Å². The number of aryl methyl sites for hydroxylation is 2. The van der Waals surface area contributed by atoms with Crippen molar-refractivity contribution in [3.63, 3.8) is 0 Å². The molecule has 1 aromatic rings. The lowest BCUT2D eigenvalue weighted by Crippen LogP contribution is -2.26. The lowest BCUT2D eigenvalue weighted by molar-refractivity contribution is 0.140. The van der Waals surface area contributed by atoms with Gasteiger partial charge >= 0.3 is 0 Å². The predicted octanol–water partition coefficient (Wildman–Crippen LogP) is 10.3. The zero-order valence-electron chi connectivity index (χ0n) is 21.8.